The fraction of sp³-hybridized carbons (Fsp3) is 0.444. The molecule has 11 heavy (non-hydrogen) atoms. The lowest BCUT2D eigenvalue weighted by Gasteiger charge is -1.93. The average molecular weight is 152 g/mol. The van der Waals surface area contributed by atoms with Gasteiger partial charge in [-0.25, -0.2) is 0 Å². The second kappa shape index (κ2) is 3.96. The molecule has 60 valence electrons. The van der Waals surface area contributed by atoms with E-state index in [-0.39, 0.29) is 0 Å². The number of hydrogen-bond acceptors (Lipinski definition) is 2. The van der Waals surface area contributed by atoms with Gasteiger partial charge in [-0.3, -0.25) is 4.79 Å². The monoisotopic (exact) mass is 152 g/mol. The second-order valence-electron chi connectivity index (χ2n) is 2.52. The van der Waals surface area contributed by atoms with Gasteiger partial charge in [-0.2, -0.15) is 0 Å². The lowest BCUT2D eigenvalue weighted by molar-refractivity contribution is 0.112. The zero-order chi connectivity index (χ0) is 8.10. The average Bonchev–Trinajstić information content (AvgIpc) is 2.47. The van der Waals surface area contributed by atoms with Crippen molar-refractivity contribution in [2.24, 2.45) is 0 Å². The first-order valence-electron chi connectivity index (χ1n) is 3.90. The molecule has 0 radical (unpaired) electrons. The predicted octanol–water partition coefficient (Wildman–Crippen LogP) is 2.43. The Morgan fingerprint density at radius 2 is 2.45 bits per heavy atom. The van der Waals surface area contributed by atoms with Crippen LogP contribution in [0.15, 0.2) is 16.7 Å². The summed E-state index contributed by atoms with van der Waals surface area (Å²) < 4.78 is 5.13. The molecule has 0 saturated carbocycles. The molecule has 0 bridgehead atoms. The summed E-state index contributed by atoms with van der Waals surface area (Å²) in [7, 11) is 0. The van der Waals surface area contributed by atoms with Gasteiger partial charge >= 0.3 is 0 Å². The Kier molecular flexibility index (Phi) is 2.90. The molecule has 0 unspecified atom stereocenters. The molecular formula is C9H12O2. The van der Waals surface area contributed by atoms with Gasteiger partial charge in [0.25, 0.3) is 0 Å². The van der Waals surface area contributed by atoms with E-state index < -0.39 is 0 Å². The Bertz CT molecular complexity index is 225. The van der Waals surface area contributed by atoms with E-state index in [0.29, 0.717) is 5.56 Å². The zero-order valence-corrected chi connectivity index (χ0v) is 6.67. The lowest BCUT2D eigenvalue weighted by Crippen LogP contribution is -1.86. The van der Waals surface area contributed by atoms with Crippen molar-refractivity contribution < 1.29 is 9.21 Å². The third-order valence-corrected chi connectivity index (χ3v) is 1.66. The third kappa shape index (κ3) is 1.93. The number of hydrogen-bond donors (Lipinski definition) is 0. The van der Waals surface area contributed by atoms with Crippen LogP contribution in [0.4, 0.5) is 0 Å². The molecule has 0 saturated heterocycles. The van der Waals surface area contributed by atoms with Gasteiger partial charge in [0.2, 0.25) is 0 Å². The maximum Gasteiger partial charge on any atom is 0.153 e. The van der Waals surface area contributed by atoms with Crippen LogP contribution in [0.2, 0.25) is 0 Å². The molecule has 1 heterocycles. The van der Waals surface area contributed by atoms with Crippen LogP contribution < -0.4 is 0 Å². The van der Waals surface area contributed by atoms with Crippen LogP contribution in [0.25, 0.3) is 0 Å². The number of carbonyl (C=O) groups is 1. The van der Waals surface area contributed by atoms with Gasteiger partial charge in [-0.1, -0.05) is 13.3 Å². The topological polar surface area (TPSA) is 30.2 Å². The van der Waals surface area contributed by atoms with E-state index in [1.807, 2.05) is 0 Å². The number of rotatable bonds is 4. The highest BCUT2D eigenvalue weighted by Crippen LogP contribution is 2.10. The van der Waals surface area contributed by atoms with Gasteiger partial charge in [-0.15, -0.1) is 0 Å². The van der Waals surface area contributed by atoms with Crippen molar-refractivity contribution in [2.75, 3.05) is 0 Å². The van der Waals surface area contributed by atoms with E-state index in [1.165, 1.54) is 0 Å². The Labute approximate surface area is 66.2 Å². The summed E-state index contributed by atoms with van der Waals surface area (Å²) >= 11 is 0. The molecule has 0 aliphatic carbocycles. The van der Waals surface area contributed by atoms with E-state index in [9.17, 15) is 4.79 Å². The van der Waals surface area contributed by atoms with Crippen molar-refractivity contribution in [1.29, 1.82) is 0 Å². The van der Waals surface area contributed by atoms with Gasteiger partial charge in [0.15, 0.2) is 6.29 Å². The van der Waals surface area contributed by atoms with Crippen molar-refractivity contribution in [3.63, 3.8) is 0 Å². The normalized spacial score (nSPS) is 9.91. The maximum absolute atomic E-state index is 10.4. The van der Waals surface area contributed by atoms with Crippen LogP contribution >= 0.6 is 0 Å². The minimum atomic E-state index is 0.693. The Balaban J connectivity index is 2.61. The maximum atomic E-state index is 10.4. The molecule has 0 aromatic carbocycles. The fourth-order valence-corrected chi connectivity index (χ4v) is 0.996. The SMILES string of the molecule is CCCCc1occc1C=O. The Hall–Kier alpha value is -1.05. The van der Waals surface area contributed by atoms with Crippen molar-refractivity contribution in [1.82, 2.24) is 0 Å². The molecule has 0 amide bonds. The van der Waals surface area contributed by atoms with Crippen LogP contribution in [0.3, 0.4) is 0 Å². The summed E-state index contributed by atoms with van der Waals surface area (Å²) in [6.07, 6.45) is 5.48. The molecule has 0 fully saturated rings. The lowest BCUT2D eigenvalue weighted by atomic mass is 10.1. The quantitative estimate of drug-likeness (QED) is 0.620. The molecule has 0 aliphatic heterocycles. The van der Waals surface area contributed by atoms with E-state index in [1.54, 1.807) is 12.3 Å². The van der Waals surface area contributed by atoms with Gasteiger partial charge in [0.05, 0.1) is 11.8 Å². The fourth-order valence-electron chi connectivity index (χ4n) is 0.996. The number of aryl methyl sites for hydroxylation is 1. The summed E-state index contributed by atoms with van der Waals surface area (Å²) in [6, 6.07) is 1.71. The van der Waals surface area contributed by atoms with Crippen LogP contribution in [-0.4, -0.2) is 6.29 Å². The molecule has 0 atom stereocenters. The summed E-state index contributed by atoms with van der Waals surface area (Å²) in [6.45, 7) is 2.11. The van der Waals surface area contributed by atoms with Crippen LogP contribution in [0.5, 0.6) is 0 Å². The second-order valence-corrected chi connectivity index (χ2v) is 2.52. The molecule has 2 nitrogen and oxygen atoms in total. The van der Waals surface area contributed by atoms with Crippen molar-refractivity contribution in [3.05, 3.63) is 23.7 Å². The molecule has 1 aromatic rings. The van der Waals surface area contributed by atoms with E-state index in [0.717, 1.165) is 31.3 Å². The molecule has 0 aliphatic rings. The summed E-state index contributed by atoms with van der Waals surface area (Å²) in [5.41, 5.74) is 0.693. The van der Waals surface area contributed by atoms with E-state index in [4.69, 9.17) is 4.42 Å². The highest BCUT2D eigenvalue weighted by atomic mass is 16.3. The molecule has 2 heteroatoms. The Morgan fingerprint density at radius 3 is 3.09 bits per heavy atom. The number of aldehydes is 1. The van der Waals surface area contributed by atoms with E-state index in [2.05, 4.69) is 6.92 Å². The highest BCUT2D eigenvalue weighted by Gasteiger charge is 2.02. The minimum absolute atomic E-state index is 0.693. The molecule has 1 rings (SSSR count). The number of furan rings is 1. The summed E-state index contributed by atoms with van der Waals surface area (Å²) in [4.78, 5) is 10.4. The van der Waals surface area contributed by atoms with Gasteiger partial charge in [0.1, 0.15) is 5.76 Å². The first-order valence-corrected chi connectivity index (χ1v) is 3.90. The third-order valence-electron chi connectivity index (χ3n) is 1.66. The Morgan fingerprint density at radius 1 is 1.64 bits per heavy atom. The number of unbranched alkanes of at least 4 members (excludes halogenated alkanes) is 1. The molecule has 1 aromatic heterocycles. The van der Waals surface area contributed by atoms with Gasteiger partial charge < -0.3 is 4.42 Å². The van der Waals surface area contributed by atoms with Crippen LogP contribution in [-0.2, 0) is 6.42 Å². The zero-order valence-electron chi connectivity index (χ0n) is 6.67. The van der Waals surface area contributed by atoms with Crippen molar-refractivity contribution in [3.8, 4) is 0 Å². The van der Waals surface area contributed by atoms with Crippen LogP contribution in [0.1, 0.15) is 35.9 Å². The van der Waals surface area contributed by atoms with Gasteiger partial charge in [0, 0.05) is 6.42 Å². The standard InChI is InChI=1S/C9H12O2/c1-2-3-4-9-8(7-10)5-6-11-9/h5-7H,2-4H2,1H3. The summed E-state index contributed by atoms with van der Waals surface area (Å²) in [5, 5.41) is 0. The largest absolute Gasteiger partial charge is 0.469 e. The number of carbonyl (C=O) groups excluding carboxylic acids is 1. The minimum Gasteiger partial charge on any atom is -0.469 e. The van der Waals surface area contributed by atoms with Crippen molar-refractivity contribution >= 4 is 6.29 Å². The highest BCUT2D eigenvalue weighted by molar-refractivity contribution is 5.75. The smallest absolute Gasteiger partial charge is 0.153 e. The molecule has 0 spiro atoms. The van der Waals surface area contributed by atoms with Crippen molar-refractivity contribution in [2.45, 2.75) is 26.2 Å². The van der Waals surface area contributed by atoms with Crippen LogP contribution in [0, 0.1) is 0 Å². The first-order chi connectivity index (χ1) is 5.38. The first kappa shape index (κ1) is 8.05. The van der Waals surface area contributed by atoms with Gasteiger partial charge in [-0.05, 0) is 12.5 Å². The summed E-state index contributed by atoms with van der Waals surface area (Å²) in [5.74, 6) is 0.821. The molecule has 0 N–H and O–H groups in total. The molecular weight excluding hydrogens is 140 g/mol. The van der Waals surface area contributed by atoms with E-state index >= 15 is 0 Å². The predicted molar refractivity (Wildman–Crippen MR) is 42.7 cm³/mol.